The SMILES string of the molecule is CCOC(=O)[C@@H]1C(=O)C2=C(C[C@H]1c1ccco1)NC(=O)C[C@@H]2c1cccc([N+](=O)[O-])c1. The van der Waals surface area contributed by atoms with Crippen molar-refractivity contribution in [2.24, 2.45) is 5.92 Å². The van der Waals surface area contributed by atoms with Gasteiger partial charge in [0, 0.05) is 41.7 Å². The second kappa shape index (κ2) is 8.17. The second-order valence-corrected chi connectivity index (χ2v) is 7.47. The molecule has 1 aliphatic heterocycles. The van der Waals surface area contributed by atoms with Gasteiger partial charge in [-0.05, 0) is 31.0 Å². The van der Waals surface area contributed by atoms with Gasteiger partial charge >= 0.3 is 5.97 Å². The number of ether oxygens (including phenoxy) is 1. The molecule has 0 radical (unpaired) electrons. The van der Waals surface area contributed by atoms with Crippen LogP contribution in [0.5, 0.6) is 0 Å². The lowest BCUT2D eigenvalue weighted by molar-refractivity contribution is -0.384. The number of Topliss-reactive ketones (excluding diaryl/α,β-unsaturated/α-hetero) is 1. The predicted molar refractivity (Wildman–Crippen MR) is 107 cm³/mol. The van der Waals surface area contributed by atoms with Crippen molar-refractivity contribution in [1.82, 2.24) is 5.32 Å². The minimum atomic E-state index is -1.12. The predicted octanol–water partition coefficient (Wildman–Crippen LogP) is 2.98. The number of nitro groups is 1. The summed E-state index contributed by atoms with van der Waals surface area (Å²) in [6.07, 6.45) is 1.61. The van der Waals surface area contributed by atoms with E-state index in [2.05, 4.69) is 5.32 Å². The number of carbonyl (C=O) groups is 3. The molecule has 1 aliphatic carbocycles. The molecule has 1 N–H and O–H groups in total. The second-order valence-electron chi connectivity index (χ2n) is 7.47. The average Bonchev–Trinajstić information content (AvgIpc) is 3.27. The Morgan fingerprint density at radius 2 is 2.06 bits per heavy atom. The van der Waals surface area contributed by atoms with Gasteiger partial charge in [0.05, 0.1) is 17.8 Å². The number of rotatable bonds is 5. The number of esters is 1. The van der Waals surface area contributed by atoms with E-state index >= 15 is 0 Å². The summed E-state index contributed by atoms with van der Waals surface area (Å²) in [6.45, 7) is 1.77. The Morgan fingerprint density at radius 3 is 2.74 bits per heavy atom. The molecule has 3 atom stereocenters. The molecule has 0 fully saturated rings. The molecule has 0 saturated heterocycles. The Morgan fingerprint density at radius 1 is 1.26 bits per heavy atom. The molecule has 0 spiro atoms. The summed E-state index contributed by atoms with van der Waals surface area (Å²) >= 11 is 0. The Balaban J connectivity index is 1.82. The van der Waals surface area contributed by atoms with Crippen LogP contribution < -0.4 is 5.32 Å². The van der Waals surface area contributed by atoms with E-state index in [0.29, 0.717) is 22.6 Å². The van der Waals surface area contributed by atoms with E-state index in [0.717, 1.165) is 0 Å². The van der Waals surface area contributed by atoms with Gasteiger partial charge in [0.25, 0.3) is 5.69 Å². The molecule has 0 saturated carbocycles. The molecule has 1 aromatic carbocycles. The Labute approximate surface area is 177 Å². The first-order valence-corrected chi connectivity index (χ1v) is 9.92. The number of nitro benzene ring substituents is 1. The molecule has 31 heavy (non-hydrogen) atoms. The zero-order chi connectivity index (χ0) is 22.1. The summed E-state index contributed by atoms with van der Waals surface area (Å²) in [4.78, 5) is 49.5. The summed E-state index contributed by atoms with van der Waals surface area (Å²) in [7, 11) is 0. The van der Waals surface area contributed by atoms with Crippen molar-refractivity contribution in [2.75, 3.05) is 6.61 Å². The minimum Gasteiger partial charge on any atom is -0.469 e. The highest BCUT2D eigenvalue weighted by Gasteiger charge is 2.48. The lowest BCUT2D eigenvalue weighted by Gasteiger charge is -2.37. The van der Waals surface area contributed by atoms with E-state index in [1.54, 1.807) is 25.1 Å². The van der Waals surface area contributed by atoms with Crippen LogP contribution in [-0.2, 0) is 19.1 Å². The van der Waals surface area contributed by atoms with Gasteiger partial charge in [0.15, 0.2) is 5.78 Å². The molecule has 9 nitrogen and oxygen atoms in total. The summed E-state index contributed by atoms with van der Waals surface area (Å²) in [5, 5.41) is 14.0. The third kappa shape index (κ3) is 3.74. The zero-order valence-corrected chi connectivity index (χ0v) is 16.7. The van der Waals surface area contributed by atoms with Crippen LogP contribution in [-0.4, -0.2) is 29.2 Å². The van der Waals surface area contributed by atoms with Crippen molar-refractivity contribution in [1.29, 1.82) is 0 Å². The number of non-ortho nitro benzene ring substituents is 1. The van der Waals surface area contributed by atoms with E-state index in [9.17, 15) is 24.5 Å². The van der Waals surface area contributed by atoms with Crippen LogP contribution in [0, 0.1) is 16.0 Å². The molecule has 2 aliphatic rings. The molecule has 160 valence electrons. The molecule has 1 aromatic heterocycles. The summed E-state index contributed by atoms with van der Waals surface area (Å²) < 4.78 is 10.6. The Bertz CT molecular complexity index is 1090. The monoisotopic (exact) mass is 424 g/mol. The van der Waals surface area contributed by atoms with Crippen LogP contribution in [0.3, 0.4) is 0 Å². The first-order valence-electron chi connectivity index (χ1n) is 9.92. The van der Waals surface area contributed by atoms with Gasteiger partial charge in [-0.3, -0.25) is 24.5 Å². The van der Waals surface area contributed by atoms with Gasteiger partial charge in [0.2, 0.25) is 5.91 Å². The number of nitrogens with zero attached hydrogens (tertiary/aromatic N) is 1. The lowest BCUT2D eigenvalue weighted by atomic mass is 9.69. The van der Waals surface area contributed by atoms with Crippen LogP contribution in [0.1, 0.15) is 42.9 Å². The van der Waals surface area contributed by atoms with Crippen molar-refractivity contribution >= 4 is 23.3 Å². The van der Waals surface area contributed by atoms with Crippen molar-refractivity contribution in [3.05, 3.63) is 75.4 Å². The summed E-state index contributed by atoms with van der Waals surface area (Å²) in [6, 6.07) is 9.21. The third-order valence-corrected chi connectivity index (χ3v) is 5.66. The summed E-state index contributed by atoms with van der Waals surface area (Å²) in [5.74, 6) is -3.40. The first-order chi connectivity index (χ1) is 14.9. The number of amides is 1. The van der Waals surface area contributed by atoms with Crippen LogP contribution in [0.2, 0.25) is 0 Å². The largest absolute Gasteiger partial charge is 0.469 e. The van der Waals surface area contributed by atoms with E-state index in [1.807, 2.05) is 0 Å². The Kier molecular flexibility index (Phi) is 5.41. The van der Waals surface area contributed by atoms with E-state index in [-0.39, 0.29) is 31.0 Å². The van der Waals surface area contributed by atoms with Gasteiger partial charge in [-0.25, -0.2) is 0 Å². The fourth-order valence-corrected chi connectivity index (χ4v) is 4.36. The molecule has 9 heteroatoms. The van der Waals surface area contributed by atoms with E-state index < -0.39 is 34.4 Å². The maximum atomic E-state index is 13.6. The molecule has 2 heterocycles. The molecular weight excluding hydrogens is 404 g/mol. The number of carbonyl (C=O) groups excluding carboxylic acids is 3. The zero-order valence-electron chi connectivity index (χ0n) is 16.7. The quantitative estimate of drug-likeness (QED) is 0.338. The number of benzene rings is 1. The third-order valence-electron chi connectivity index (χ3n) is 5.66. The molecule has 0 bridgehead atoms. The van der Waals surface area contributed by atoms with Crippen molar-refractivity contribution < 1.29 is 28.5 Å². The average molecular weight is 424 g/mol. The number of furan rings is 1. The maximum absolute atomic E-state index is 13.6. The normalized spacial score (nSPS) is 23.2. The van der Waals surface area contributed by atoms with E-state index in [1.165, 1.54) is 24.5 Å². The minimum absolute atomic E-state index is 0.0489. The van der Waals surface area contributed by atoms with E-state index in [4.69, 9.17) is 9.15 Å². The van der Waals surface area contributed by atoms with Crippen LogP contribution in [0.4, 0.5) is 5.69 Å². The molecule has 1 amide bonds. The van der Waals surface area contributed by atoms with Crippen LogP contribution in [0.15, 0.2) is 58.3 Å². The first kappa shape index (κ1) is 20.5. The number of ketones is 1. The van der Waals surface area contributed by atoms with Gasteiger partial charge in [-0.2, -0.15) is 0 Å². The highest BCUT2D eigenvalue weighted by molar-refractivity contribution is 6.12. The fraction of sp³-hybridized carbons (Fsp3) is 0.318. The molecule has 4 rings (SSSR count). The maximum Gasteiger partial charge on any atom is 0.317 e. The molecule has 0 unspecified atom stereocenters. The lowest BCUT2D eigenvalue weighted by Crippen LogP contribution is -2.44. The van der Waals surface area contributed by atoms with Crippen molar-refractivity contribution in [3.63, 3.8) is 0 Å². The van der Waals surface area contributed by atoms with Gasteiger partial charge < -0.3 is 14.5 Å². The van der Waals surface area contributed by atoms with Gasteiger partial charge in [0.1, 0.15) is 11.7 Å². The smallest absolute Gasteiger partial charge is 0.317 e. The number of hydrogen-bond donors (Lipinski definition) is 1. The molecular formula is C22H20N2O7. The fourth-order valence-electron chi connectivity index (χ4n) is 4.36. The topological polar surface area (TPSA) is 129 Å². The summed E-state index contributed by atoms with van der Waals surface area (Å²) in [5.41, 5.74) is 1.05. The number of hydrogen-bond acceptors (Lipinski definition) is 7. The molecule has 2 aromatic rings. The van der Waals surface area contributed by atoms with Gasteiger partial charge in [-0.1, -0.05) is 12.1 Å². The Hall–Kier alpha value is -3.75. The highest BCUT2D eigenvalue weighted by Crippen LogP contribution is 2.46. The van der Waals surface area contributed by atoms with Crippen molar-refractivity contribution in [2.45, 2.75) is 31.6 Å². The van der Waals surface area contributed by atoms with Crippen LogP contribution >= 0.6 is 0 Å². The highest BCUT2D eigenvalue weighted by atomic mass is 16.6. The van der Waals surface area contributed by atoms with Gasteiger partial charge in [-0.15, -0.1) is 0 Å². The standard InChI is InChI=1S/C22H20N2O7/c1-2-30-22(27)20-15(17-7-4-8-31-17)10-16-19(21(20)26)14(11-18(25)23-16)12-5-3-6-13(9-12)24(28)29/h3-9,14-15,20H,2,10-11H2,1H3,(H,23,25)/t14-,15+,20+/m1/s1. The van der Waals surface area contributed by atoms with Crippen molar-refractivity contribution in [3.8, 4) is 0 Å². The van der Waals surface area contributed by atoms with Crippen LogP contribution in [0.25, 0.3) is 0 Å². The number of allylic oxidation sites excluding steroid dienone is 2. The number of nitrogens with one attached hydrogen (secondary N) is 1.